The maximum absolute atomic E-state index is 4.43. The minimum Gasteiger partial charge on any atom is -0.662 e. The van der Waals surface area contributed by atoms with Gasteiger partial charge in [0.05, 0.1) is 0 Å². The van der Waals surface area contributed by atoms with E-state index in [9.17, 15) is 0 Å². The van der Waals surface area contributed by atoms with E-state index in [2.05, 4.69) is 19.2 Å². The summed E-state index contributed by atoms with van der Waals surface area (Å²) in [6.45, 7) is 6.83. The van der Waals surface area contributed by atoms with E-state index < -0.39 is 0 Å². The van der Waals surface area contributed by atoms with Crippen LogP contribution in [-0.2, 0) is 0 Å². The second-order valence-electron chi connectivity index (χ2n) is 3.46. The van der Waals surface area contributed by atoms with Crippen LogP contribution in [0.5, 0.6) is 0 Å². The van der Waals surface area contributed by atoms with Crippen molar-refractivity contribution in [1.29, 1.82) is 0 Å². The Labute approximate surface area is 113 Å². The second-order valence-corrected chi connectivity index (χ2v) is 3.46. The van der Waals surface area contributed by atoms with E-state index in [4.69, 9.17) is 0 Å². The van der Waals surface area contributed by atoms with Gasteiger partial charge in [0.25, 0.3) is 0 Å². The quantitative estimate of drug-likeness (QED) is 0.540. The van der Waals surface area contributed by atoms with Crippen LogP contribution < -0.4 is 51.4 Å². The van der Waals surface area contributed by atoms with Gasteiger partial charge in [-0.3, -0.25) is 0 Å². The molecule has 1 fully saturated rings. The third-order valence-electron chi connectivity index (χ3n) is 2.78. The van der Waals surface area contributed by atoms with Gasteiger partial charge in [-0.1, -0.05) is 38.5 Å². The maximum Gasteiger partial charge on any atom is 1.00 e. The Morgan fingerprint density at radius 3 is 2.45 bits per heavy atom. The second kappa shape index (κ2) is 6.11. The van der Waals surface area contributed by atoms with Crippen LogP contribution in [0.4, 0.5) is 0 Å². The van der Waals surface area contributed by atoms with Gasteiger partial charge in [0.15, 0.2) is 0 Å². The summed E-state index contributed by atoms with van der Waals surface area (Å²) in [5, 5.41) is 4.43. The Balaban J connectivity index is 0.000001000. The molecule has 1 atom stereocenters. The molecular formula is C9H18KN. The van der Waals surface area contributed by atoms with Crippen molar-refractivity contribution in [2.45, 2.75) is 39.5 Å². The Morgan fingerprint density at radius 1 is 1.36 bits per heavy atom. The van der Waals surface area contributed by atoms with Crippen molar-refractivity contribution >= 4 is 0 Å². The summed E-state index contributed by atoms with van der Waals surface area (Å²) in [6, 6.07) is 0. The first-order valence-electron chi connectivity index (χ1n) is 4.46. The van der Waals surface area contributed by atoms with Crippen LogP contribution in [-0.4, -0.2) is 13.1 Å². The fourth-order valence-corrected chi connectivity index (χ4v) is 1.91. The minimum absolute atomic E-state index is 0. The largest absolute Gasteiger partial charge is 1.00 e. The van der Waals surface area contributed by atoms with Gasteiger partial charge in [-0.05, 0) is 6.42 Å². The Morgan fingerprint density at radius 2 is 2.09 bits per heavy atom. The number of hydrogen-bond donors (Lipinski definition) is 0. The van der Waals surface area contributed by atoms with E-state index >= 15 is 0 Å². The summed E-state index contributed by atoms with van der Waals surface area (Å²) in [4.78, 5) is 0. The number of rotatable bonds is 3. The van der Waals surface area contributed by atoms with Gasteiger partial charge in [-0.2, -0.15) is 0 Å². The van der Waals surface area contributed by atoms with Crippen molar-refractivity contribution in [3.8, 4) is 0 Å². The van der Waals surface area contributed by atoms with Gasteiger partial charge < -0.3 is 5.32 Å². The summed E-state index contributed by atoms with van der Waals surface area (Å²) < 4.78 is 0. The van der Waals surface area contributed by atoms with Crippen molar-refractivity contribution in [2.24, 2.45) is 5.41 Å². The topological polar surface area (TPSA) is 14.1 Å². The molecule has 0 amide bonds. The molecule has 0 aromatic heterocycles. The summed E-state index contributed by atoms with van der Waals surface area (Å²) in [5.41, 5.74) is 0.620. The summed E-state index contributed by atoms with van der Waals surface area (Å²) in [6.07, 6.45) is 5.37. The van der Waals surface area contributed by atoms with E-state index in [-0.39, 0.29) is 51.4 Å². The Kier molecular flexibility index (Phi) is 7.00. The van der Waals surface area contributed by atoms with E-state index in [0.717, 1.165) is 13.1 Å². The monoisotopic (exact) mass is 179 g/mol. The molecule has 1 aliphatic heterocycles. The summed E-state index contributed by atoms with van der Waals surface area (Å²) in [7, 11) is 0. The molecule has 0 radical (unpaired) electrons. The Hall–Kier alpha value is 1.60. The standard InChI is InChI=1S/C9H18N.K/c1-3-5-9(4-2)6-7-10-8-9;/h3-8H2,1-2H3;/q-1;+1. The van der Waals surface area contributed by atoms with Crippen molar-refractivity contribution in [3.63, 3.8) is 0 Å². The predicted molar refractivity (Wildman–Crippen MR) is 45.3 cm³/mol. The third kappa shape index (κ3) is 3.45. The SMILES string of the molecule is CCCC1(CC)CC[N-]C1.[K+]. The van der Waals surface area contributed by atoms with Crippen LogP contribution in [0.3, 0.4) is 0 Å². The molecule has 11 heavy (non-hydrogen) atoms. The average Bonchev–Trinajstić information content (AvgIpc) is 2.39. The smallest absolute Gasteiger partial charge is 0.662 e. The molecule has 1 rings (SSSR count). The van der Waals surface area contributed by atoms with Crippen LogP contribution in [0.2, 0.25) is 0 Å². The molecule has 2 heteroatoms. The summed E-state index contributed by atoms with van der Waals surface area (Å²) in [5.74, 6) is 0. The molecule has 0 saturated carbocycles. The first-order valence-corrected chi connectivity index (χ1v) is 4.46. The molecular weight excluding hydrogens is 161 g/mol. The first kappa shape index (κ1) is 12.6. The van der Waals surface area contributed by atoms with Crippen LogP contribution in [0.15, 0.2) is 0 Å². The molecule has 1 aliphatic rings. The van der Waals surface area contributed by atoms with E-state index in [1.165, 1.54) is 25.7 Å². The van der Waals surface area contributed by atoms with E-state index in [1.807, 2.05) is 0 Å². The van der Waals surface area contributed by atoms with Crippen molar-refractivity contribution in [1.82, 2.24) is 0 Å². The number of nitrogens with zero attached hydrogens (tertiary/aromatic N) is 1. The van der Waals surface area contributed by atoms with Crippen LogP contribution in [0.25, 0.3) is 5.32 Å². The molecule has 60 valence electrons. The zero-order valence-electron chi connectivity index (χ0n) is 8.19. The zero-order valence-corrected chi connectivity index (χ0v) is 11.3. The fraction of sp³-hybridized carbons (Fsp3) is 1.00. The van der Waals surface area contributed by atoms with E-state index in [1.54, 1.807) is 0 Å². The summed E-state index contributed by atoms with van der Waals surface area (Å²) >= 11 is 0. The van der Waals surface area contributed by atoms with Crippen LogP contribution >= 0.6 is 0 Å². The molecule has 0 spiro atoms. The third-order valence-corrected chi connectivity index (χ3v) is 2.78. The van der Waals surface area contributed by atoms with E-state index in [0.29, 0.717) is 5.41 Å². The normalized spacial score (nSPS) is 30.0. The number of hydrogen-bond acceptors (Lipinski definition) is 0. The molecule has 1 heterocycles. The van der Waals surface area contributed by atoms with Crippen molar-refractivity contribution < 1.29 is 51.4 Å². The molecule has 1 unspecified atom stereocenters. The van der Waals surface area contributed by atoms with Crippen molar-refractivity contribution in [3.05, 3.63) is 5.32 Å². The molecule has 0 aliphatic carbocycles. The maximum atomic E-state index is 4.43. The molecule has 0 aromatic rings. The molecule has 0 aromatic carbocycles. The fourth-order valence-electron chi connectivity index (χ4n) is 1.91. The zero-order chi connectivity index (χ0) is 7.45. The van der Waals surface area contributed by atoms with Crippen LogP contribution in [0, 0.1) is 5.41 Å². The average molecular weight is 179 g/mol. The first-order chi connectivity index (χ1) is 4.83. The molecule has 0 N–H and O–H groups in total. The predicted octanol–water partition coefficient (Wildman–Crippen LogP) is -0.0357. The van der Waals surface area contributed by atoms with Gasteiger partial charge in [-0.25, -0.2) is 0 Å². The van der Waals surface area contributed by atoms with Gasteiger partial charge in [0.2, 0.25) is 0 Å². The van der Waals surface area contributed by atoms with Crippen molar-refractivity contribution in [2.75, 3.05) is 13.1 Å². The van der Waals surface area contributed by atoms with Gasteiger partial charge in [0.1, 0.15) is 0 Å². The minimum atomic E-state index is 0. The van der Waals surface area contributed by atoms with Gasteiger partial charge in [-0.15, -0.1) is 13.1 Å². The van der Waals surface area contributed by atoms with Gasteiger partial charge >= 0.3 is 51.4 Å². The van der Waals surface area contributed by atoms with Gasteiger partial charge in [0, 0.05) is 0 Å². The Bertz CT molecular complexity index is 97.7. The molecule has 1 nitrogen and oxygen atoms in total. The van der Waals surface area contributed by atoms with Crippen LogP contribution in [0.1, 0.15) is 39.5 Å². The molecule has 1 saturated heterocycles. The molecule has 0 bridgehead atoms.